The number of furan rings is 3. The fraction of sp³-hybridized carbons (Fsp3) is 0. The highest BCUT2D eigenvalue weighted by Crippen LogP contribution is 2.48. The summed E-state index contributed by atoms with van der Waals surface area (Å²) in [4.78, 5) is 31.0. The van der Waals surface area contributed by atoms with Gasteiger partial charge in [0.15, 0.2) is 34.9 Å². The lowest BCUT2D eigenvalue weighted by Crippen LogP contribution is -2.03. The molecule has 0 fully saturated rings. The summed E-state index contributed by atoms with van der Waals surface area (Å²) in [5.74, 6) is 3.52. The molecule has 8 heterocycles. The van der Waals surface area contributed by atoms with E-state index in [0.717, 1.165) is 155 Å². The smallest absolute Gasteiger partial charge is 0.166 e. The van der Waals surface area contributed by atoms with Crippen LogP contribution in [0.1, 0.15) is 0 Å². The summed E-state index contributed by atoms with van der Waals surface area (Å²) in [5, 5.41) is 13.9. The Morgan fingerprint density at radius 3 is 1.33 bits per heavy atom. The summed E-state index contributed by atoms with van der Waals surface area (Å²) in [5.41, 5.74) is 21.2. The van der Waals surface area contributed by atoms with Crippen molar-refractivity contribution >= 4 is 141 Å². The molecule has 0 unspecified atom stereocenters. The third kappa shape index (κ3) is 10.6. The van der Waals surface area contributed by atoms with E-state index < -0.39 is 0 Å². The van der Waals surface area contributed by atoms with Crippen molar-refractivity contribution in [3.63, 3.8) is 0 Å². The fourth-order valence-corrected chi connectivity index (χ4v) is 18.2. The van der Waals surface area contributed by atoms with Crippen molar-refractivity contribution in [2.75, 3.05) is 0 Å². The van der Waals surface area contributed by atoms with Gasteiger partial charge in [-0.15, -0.1) is 11.3 Å². The molecule has 24 aromatic rings. The molecule has 0 aliphatic rings. The van der Waals surface area contributed by atoms with Gasteiger partial charge in [-0.25, -0.2) is 29.9 Å². The molecular formula is C102H60N8O3S. The maximum absolute atomic E-state index is 6.53. The zero-order valence-corrected chi connectivity index (χ0v) is 61.7. The summed E-state index contributed by atoms with van der Waals surface area (Å²) in [6, 6.07) is 126. The van der Waals surface area contributed by atoms with E-state index in [-0.39, 0.29) is 0 Å². The number of benzene rings is 16. The highest BCUT2D eigenvalue weighted by Gasteiger charge is 2.26. The van der Waals surface area contributed by atoms with Gasteiger partial charge in [-0.1, -0.05) is 255 Å². The average Bonchev–Trinajstić information content (AvgIpc) is 1.56. The lowest BCUT2D eigenvalue weighted by Gasteiger charge is -2.14. The molecule has 0 saturated heterocycles. The number of thiophene rings is 1. The molecular weight excluding hydrogens is 1420 g/mol. The number of hydrogen-bond donors (Lipinski definition) is 0. The highest BCUT2D eigenvalue weighted by atomic mass is 32.1. The first-order valence-electron chi connectivity index (χ1n) is 38.0. The van der Waals surface area contributed by atoms with Crippen molar-refractivity contribution in [1.29, 1.82) is 0 Å². The molecule has 11 nitrogen and oxygen atoms in total. The van der Waals surface area contributed by atoms with Crippen LogP contribution in [0.5, 0.6) is 0 Å². The van der Waals surface area contributed by atoms with Gasteiger partial charge in [0.1, 0.15) is 33.5 Å². The third-order valence-corrected chi connectivity index (χ3v) is 23.2. The number of para-hydroxylation sites is 5. The molecule has 532 valence electrons. The largest absolute Gasteiger partial charge is 0.456 e. The topological polar surface area (TPSA) is 127 Å². The Balaban J connectivity index is 0.000000135. The van der Waals surface area contributed by atoms with Crippen LogP contribution >= 0.6 is 11.3 Å². The van der Waals surface area contributed by atoms with E-state index in [4.69, 9.17) is 43.2 Å². The predicted molar refractivity (Wildman–Crippen MR) is 467 cm³/mol. The van der Waals surface area contributed by atoms with E-state index in [1.807, 2.05) is 114 Å². The predicted octanol–water partition coefficient (Wildman–Crippen LogP) is 27.3. The molecule has 0 radical (unpaired) electrons. The quantitative estimate of drug-likeness (QED) is 0.131. The maximum atomic E-state index is 6.53. The van der Waals surface area contributed by atoms with Crippen molar-refractivity contribution in [3.8, 4) is 102 Å². The molecule has 0 saturated carbocycles. The van der Waals surface area contributed by atoms with Crippen LogP contribution in [0.25, 0.3) is 232 Å². The Morgan fingerprint density at radius 2 is 0.640 bits per heavy atom. The van der Waals surface area contributed by atoms with Crippen LogP contribution in [0, 0.1) is 0 Å². The van der Waals surface area contributed by atoms with Crippen LogP contribution in [-0.2, 0) is 0 Å². The zero-order valence-electron chi connectivity index (χ0n) is 60.9. The van der Waals surface area contributed by atoms with Crippen LogP contribution in [0.3, 0.4) is 0 Å². The lowest BCUT2D eigenvalue weighted by atomic mass is 9.97. The molecule has 0 bridgehead atoms. The van der Waals surface area contributed by atoms with Crippen LogP contribution < -0.4 is 0 Å². The SMILES string of the molecule is c1ccc(-c2nc(-c3ccc4c(c3)oc3cccc(-c5ccccc5)c34)nc(-c3ccccc3-n3c4ccccc4c4c5c(ccc43)sc3ccccc35)n2)cc1.c1ccc(-c2nc(-c3cccc(-n4c5ccccc5c5c6c(ccc54)oc4ccccc46)c3)nc(-c3cc(-c4ccccc4)c4c(c3)oc3ccccc34)n2)cc1. The molecule has 8 aromatic heterocycles. The number of hydrogen-bond acceptors (Lipinski definition) is 10. The summed E-state index contributed by atoms with van der Waals surface area (Å²) >= 11 is 1.85. The second-order valence-corrected chi connectivity index (χ2v) is 29.8. The van der Waals surface area contributed by atoms with E-state index in [1.54, 1.807) is 0 Å². The Hall–Kier alpha value is -15.2. The molecule has 0 N–H and O–H groups in total. The van der Waals surface area contributed by atoms with E-state index in [9.17, 15) is 0 Å². The monoisotopic (exact) mass is 1480 g/mol. The Kier molecular flexibility index (Phi) is 14.9. The van der Waals surface area contributed by atoms with Gasteiger partial charge in [-0.2, -0.15) is 0 Å². The molecule has 0 spiro atoms. The standard InChI is InChI=1S/C51H30N4O2.C51H30N4OS/c1-3-14-31(15-4-1)39-29-34(30-45-46(39)37-21-8-11-24-42(37)57-45)51-53-49(32-16-5-2-6-17-32)52-50(54-51)33-18-13-19-35(28-33)55-40-23-10-7-20-36(40)47-41(55)26-27-44-48(47)38-22-9-12-25-43(38)56-44;1-3-14-31(15-4-1)34-21-13-24-42-46(34)37-27-26-33(30-43(37)56-42)50-52-49(32-16-5-2-6-17-32)53-51(54-50)36-19-8-11-23-40(36)55-39-22-10-7-18-35(39)47-41(55)28-29-45-48(47)38-20-9-12-25-44(38)57-45/h2*1-30H. The van der Waals surface area contributed by atoms with Gasteiger partial charge in [0.05, 0.1) is 27.8 Å². The van der Waals surface area contributed by atoms with Gasteiger partial charge in [0, 0.05) is 113 Å². The van der Waals surface area contributed by atoms with E-state index in [1.165, 1.54) is 41.7 Å². The van der Waals surface area contributed by atoms with Gasteiger partial charge < -0.3 is 22.4 Å². The first-order chi connectivity index (χ1) is 56.5. The summed E-state index contributed by atoms with van der Waals surface area (Å²) < 4.78 is 26.6. The molecule has 0 aliphatic carbocycles. The number of nitrogens with zero attached hydrogens (tertiary/aromatic N) is 8. The maximum Gasteiger partial charge on any atom is 0.166 e. The van der Waals surface area contributed by atoms with Crippen molar-refractivity contribution < 1.29 is 13.3 Å². The van der Waals surface area contributed by atoms with Crippen LogP contribution in [-0.4, -0.2) is 39.0 Å². The van der Waals surface area contributed by atoms with E-state index in [0.29, 0.717) is 34.9 Å². The van der Waals surface area contributed by atoms with Gasteiger partial charge in [-0.3, -0.25) is 0 Å². The molecule has 0 atom stereocenters. The second kappa shape index (κ2) is 26.2. The van der Waals surface area contributed by atoms with Crippen molar-refractivity contribution in [2.45, 2.75) is 0 Å². The molecule has 12 heteroatoms. The molecule has 16 aromatic carbocycles. The van der Waals surface area contributed by atoms with Crippen LogP contribution in [0.4, 0.5) is 0 Å². The van der Waals surface area contributed by atoms with Gasteiger partial charge >= 0.3 is 0 Å². The normalized spacial score (nSPS) is 11.9. The van der Waals surface area contributed by atoms with Gasteiger partial charge in [0.25, 0.3) is 0 Å². The van der Waals surface area contributed by atoms with Crippen molar-refractivity contribution in [3.05, 3.63) is 364 Å². The van der Waals surface area contributed by atoms with E-state index >= 15 is 0 Å². The first kappa shape index (κ1) is 64.7. The van der Waals surface area contributed by atoms with Crippen molar-refractivity contribution in [2.24, 2.45) is 0 Å². The Bertz CT molecular complexity index is 8000. The summed E-state index contributed by atoms with van der Waals surface area (Å²) in [7, 11) is 0. The van der Waals surface area contributed by atoms with Crippen LogP contribution in [0.2, 0.25) is 0 Å². The van der Waals surface area contributed by atoms with Crippen molar-refractivity contribution in [1.82, 2.24) is 39.0 Å². The average molecular weight is 1480 g/mol. The first-order valence-corrected chi connectivity index (χ1v) is 38.9. The molecule has 0 amide bonds. The lowest BCUT2D eigenvalue weighted by molar-refractivity contribution is 0.668. The minimum Gasteiger partial charge on any atom is -0.456 e. The Morgan fingerprint density at radius 1 is 0.202 bits per heavy atom. The molecule has 0 aliphatic heterocycles. The number of fused-ring (bicyclic) bond motifs is 20. The Labute approximate surface area is 654 Å². The molecule has 114 heavy (non-hydrogen) atoms. The fourth-order valence-electron chi connectivity index (χ4n) is 17.1. The third-order valence-electron chi connectivity index (χ3n) is 22.1. The number of aromatic nitrogens is 8. The molecule has 24 rings (SSSR count). The zero-order chi connectivity index (χ0) is 74.9. The summed E-state index contributed by atoms with van der Waals surface area (Å²) in [6.07, 6.45) is 0. The number of rotatable bonds is 10. The van der Waals surface area contributed by atoms with E-state index in [2.05, 4.69) is 270 Å². The summed E-state index contributed by atoms with van der Waals surface area (Å²) in [6.45, 7) is 0. The van der Waals surface area contributed by atoms with Gasteiger partial charge in [0.2, 0.25) is 0 Å². The minimum absolute atomic E-state index is 0.565. The minimum atomic E-state index is 0.565. The van der Waals surface area contributed by atoms with Gasteiger partial charge in [-0.05, 0) is 131 Å². The second-order valence-electron chi connectivity index (χ2n) is 28.7. The van der Waals surface area contributed by atoms with Crippen LogP contribution in [0.15, 0.2) is 377 Å². The highest BCUT2D eigenvalue weighted by molar-refractivity contribution is 7.26.